The van der Waals surface area contributed by atoms with Gasteiger partial charge in [0.2, 0.25) is 5.91 Å². The standard InChI is InChI=1S/C23H30N4O2/c1-8-20(28)27(18-11-12-19(26(6)7)16(2)14-18)21(17-10-9-13-24-15-17)22(29)25-23(3,4)5/h8-15,21H,1H2,2-7H3,(H,25,29). The molecule has 2 rings (SSSR count). The van der Waals surface area contributed by atoms with E-state index in [2.05, 4.69) is 16.9 Å². The predicted molar refractivity (Wildman–Crippen MR) is 118 cm³/mol. The van der Waals surface area contributed by atoms with Gasteiger partial charge in [-0.15, -0.1) is 0 Å². The lowest BCUT2D eigenvalue weighted by Gasteiger charge is -2.33. The van der Waals surface area contributed by atoms with Crippen LogP contribution in [0.15, 0.2) is 55.4 Å². The van der Waals surface area contributed by atoms with Gasteiger partial charge in [0.1, 0.15) is 6.04 Å². The van der Waals surface area contributed by atoms with Crippen molar-refractivity contribution in [1.82, 2.24) is 10.3 Å². The van der Waals surface area contributed by atoms with Crippen molar-refractivity contribution in [1.29, 1.82) is 0 Å². The van der Waals surface area contributed by atoms with E-state index in [1.165, 1.54) is 11.0 Å². The molecule has 1 aromatic carbocycles. The van der Waals surface area contributed by atoms with E-state index in [1.807, 2.05) is 64.9 Å². The largest absolute Gasteiger partial charge is 0.377 e. The molecule has 6 nitrogen and oxygen atoms in total. The number of anilines is 2. The highest BCUT2D eigenvalue weighted by Crippen LogP contribution is 2.31. The van der Waals surface area contributed by atoms with Gasteiger partial charge in [-0.3, -0.25) is 19.5 Å². The average molecular weight is 395 g/mol. The molecule has 0 radical (unpaired) electrons. The Morgan fingerprint density at radius 1 is 1.21 bits per heavy atom. The van der Waals surface area contributed by atoms with E-state index in [9.17, 15) is 9.59 Å². The van der Waals surface area contributed by atoms with Gasteiger partial charge < -0.3 is 10.2 Å². The minimum atomic E-state index is -0.877. The summed E-state index contributed by atoms with van der Waals surface area (Å²) in [5.41, 5.74) is 2.83. The van der Waals surface area contributed by atoms with Crippen LogP contribution in [0.5, 0.6) is 0 Å². The number of hydrogen-bond acceptors (Lipinski definition) is 4. The van der Waals surface area contributed by atoms with Crippen molar-refractivity contribution in [2.45, 2.75) is 39.3 Å². The summed E-state index contributed by atoms with van der Waals surface area (Å²) in [6.07, 6.45) is 4.47. The number of carbonyl (C=O) groups is 2. The van der Waals surface area contributed by atoms with Crippen LogP contribution in [-0.4, -0.2) is 36.4 Å². The second-order valence-electron chi connectivity index (χ2n) is 8.21. The van der Waals surface area contributed by atoms with E-state index in [-0.39, 0.29) is 11.8 Å². The quantitative estimate of drug-likeness (QED) is 0.760. The summed E-state index contributed by atoms with van der Waals surface area (Å²) < 4.78 is 0. The number of nitrogens with zero attached hydrogens (tertiary/aromatic N) is 3. The highest BCUT2D eigenvalue weighted by molar-refractivity contribution is 6.06. The van der Waals surface area contributed by atoms with Crippen molar-refractivity contribution in [3.63, 3.8) is 0 Å². The van der Waals surface area contributed by atoms with Crippen molar-refractivity contribution in [3.05, 3.63) is 66.5 Å². The Kier molecular flexibility index (Phi) is 6.80. The summed E-state index contributed by atoms with van der Waals surface area (Å²) in [6.45, 7) is 11.3. The molecule has 1 N–H and O–H groups in total. The van der Waals surface area contributed by atoms with Gasteiger partial charge in [-0.05, 0) is 63.6 Å². The molecule has 0 bridgehead atoms. The van der Waals surface area contributed by atoms with Crippen LogP contribution in [-0.2, 0) is 9.59 Å². The van der Waals surface area contributed by atoms with Gasteiger partial charge >= 0.3 is 0 Å². The monoisotopic (exact) mass is 394 g/mol. The number of carbonyl (C=O) groups excluding carboxylic acids is 2. The number of aryl methyl sites for hydroxylation is 1. The molecule has 1 heterocycles. The molecular weight excluding hydrogens is 364 g/mol. The van der Waals surface area contributed by atoms with Gasteiger partial charge in [-0.25, -0.2) is 0 Å². The Labute approximate surface area is 173 Å². The van der Waals surface area contributed by atoms with Crippen LogP contribution in [0.1, 0.15) is 37.9 Å². The molecule has 154 valence electrons. The Balaban J connectivity index is 2.63. The zero-order valence-corrected chi connectivity index (χ0v) is 18.1. The summed E-state index contributed by atoms with van der Waals surface area (Å²) in [5.74, 6) is -0.644. The van der Waals surface area contributed by atoms with E-state index in [0.717, 1.165) is 11.3 Å². The Hall–Kier alpha value is -3.15. The fourth-order valence-electron chi connectivity index (χ4n) is 3.19. The summed E-state index contributed by atoms with van der Waals surface area (Å²) in [4.78, 5) is 33.8. The number of amides is 2. The van der Waals surface area contributed by atoms with Gasteiger partial charge in [0.05, 0.1) is 0 Å². The molecule has 0 saturated carbocycles. The minimum absolute atomic E-state index is 0.282. The van der Waals surface area contributed by atoms with Crippen LogP contribution in [0.25, 0.3) is 0 Å². The molecule has 29 heavy (non-hydrogen) atoms. The molecule has 0 spiro atoms. The third kappa shape index (κ3) is 5.44. The zero-order chi connectivity index (χ0) is 21.8. The molecule has 1 atom stereocenters. The predicted octanol–water partition coefficient (Wildman–Crippen LogP) is 3.63. The average Bonchev–Trinajstić information content (AvgIpc) is 2.64. The summed E-state index contributed by atoms with van der Waals surface area (Å²) >= 11 is 0. The van der Waals surface area contributed by atoms with Crippen molar-refractivity contribution >= 4 is 23.2 Å². The maximum atomic E-state index is 13.3. The normalized spacial score (nSPS) is 12.1. The lowest BCUT2D eigenvalue weighted by Crippen LogP contribution is -2.49. The molecule has 6 heteroatoms. The number of pyridine rings is 1. The summed E-state index contributed by atoms with van der Waals surface area (Å²) in [7, 11) is 3.92. The van der Waals surface area contributed by atoms with Crippen molar-refractivity contribution in [2.75, 3.05) is 23.9 Å². The van der Waals surface area contributed by atoms with E-state index < -0.39 is 11.6 Å². The summed E-state index contributed by atoms with van der Waals surface area (Å²) in [5, 5.41) is 2.99. The third-order valence-corrected chi connectivity index (χ3v) is 4.36. The van der Waals surface area contributed by atoms with E-state index >= 15 is 0 Å². The molecule has 1 aromatic heterocycles. The topological polar surface area (TPSA) is 65.5 Å². The van der Waals surface area contributed by atoms with Crippen LogP contribution in [0.4, 0.5) is 11.4 Å². The molecule has 1 unspecified atom stereocenters. The SMILES string of the molecule is C=CC(=O)N(c1ccc(N(C)C)c(C)c1)C(C(=O)NC(C)(C)C)c1cccnc1. The Bertz CT molecular complexity index is 885. The first-order valence-corrected chi connectivity index (χ1v) is 9.50. The van der Waals surface area contributed by atoms with Gasteiger partial charge in [0.15, 0.2) is 0 Å². The molecule has 2 amide bonds. The van der Waals surface area contributed by atoms with Crippen LogP contribution in [0, 0.1) is 6.92 Å². The highest BCUT2D eigenvalue weighted by Gasteiger charge is 2.33. The number of benzene rings is 1. The minimum Gasteiger partial charge on any atom is -0.377 e. The fourth-order valence-corrected chi connectivity index (χ4v) is 3.19. The molecule has 0 aliphatic carbocycles. The highest BCUT2D eigenvalue weighted by atomic mass is 16.2. The fraction of sp³-hybridized carbons (Fsp3) is 0.348. The van der Waals surface area contributed by atoms with Crippen molar-refractivity contribution in [3.8, 4) is 0 Å². The first-order chi connectivity index (χ1) is 13.5. The van der Waals surface area contributed by atoms with E-state index in [4.69, 9.17) is 0 Å². The lowest BCUT2D eigenvalue weighted by atomic mass is 10.0. The first kappa shape index (κ1) is 22.1. The van der Waals surface area contributed by atoms with E-state index in [1.54, 1.807) is 24.5 Å². The second kappa shape index (κ2) is 8.90. The Morgan fingerprint density at radius 2 is 1.90 bits per heavy atom. The molecule has 0 aliphatic rings. The van der Waals surface area contributed by atoms with Gasteiger partial charge in [-0.1, -0.05) is 12.6 Å². The zero-order valence-electron chi connectivity index (χ0n) is 18.1. The van der Waals surface area contributed by atoms with Gasteiger partial charge in [0, 0.05) is 49.0 Å². The van der Waals surface area contributed by atoms with Crippen LogP contribution < -0.4 is 15.1 Å². The van der Waals surface area contributed by atoms with Crippen LogP contribution in [0.3, 0.4) is 0 Å². The second-order valence-corrected chi connectivity index (χ2v) is 8.21. The maximum absolute atomic E-state index is 13.3. The molecule has 0 aliphatic heterocycles. The number of aromatic nitrogens is 1. The molecule has 0 fully saturated rings. The summed E-state index contributed by atoms with van der Waals surface area (Å²) in [6, 6.07) is 8.37. The smallest absolute Gasteiger partial charge is 0.251 e. The van der Waals surface area contributed by atoms with Crippen molar-refractivity contribution < 1.29 is 9.59 Å². The van der Waals surface area contributed by atoms with Gasteiger partial charge in [0.25, 0.3) is 5.91 Å². The maximum Gasteiger partial charge on any atom is 0.251 e. The number of hydrogen-bond donors (Lipinski definition) is 1. The van der Waals surface area contributed by atoms with Crippen LogP contribution >= 0.6 is 0 Å². The molecular formula is C23H30N4O2. The Morgan fingerprint density at radius 3 is 2.38 bits per heavy atom. The molecule has 2 aromatic rings. The lowest BCUT2D eigenvalue weighted by molar-refractivity contribution is -0.126. The first-order valence-electron chi connectivity index (χ1n) is 9.50. The number of nitrogens with one attached hydrogen (secondary N) is 1. The van der Waals surface area contributed by atoms with Crippen molar-refractivity contribution in [2.24, 2.45) is 0 Å². The third-order valence-electron chi connectivity index (χ3n) is 4.36. The van der Waals surface area contributed by atoms with E-state index in [0.29, 0.717) is 11.3 Å². The van der Waals surface area contributed by atoms with Crippen LogP contribution in [0.2, 0.25) is 0 Å². The molecule has 0 saturated heterocycles. The number of rotatable bonds is 6. The van der Waals surface area contributed by atoms with Gasteiger partial charge in [-0.2, -0.15) is 0 Å².